The molecule has 0 spiro atoms. The van der Waals surface area contributed by atoms with Gasteiger partial charge in [0.1, 0.15) is 5.60 Å². The molecule has 1 N–H and O–H groups in total. The van der Waals surface area contributed by atoms with Crippen LogP contribution in [0.15, 0.2) is 0 Å². The number of urea groups is 1. The van der Waals surface area contributed by atoms with Crippen LogP contribution in [0.5, 0.6) is 0 Å². The van der Waals surface area contributed by atoms with Crippen molar-refractivity contribution in [1.29, 1.82) is 0 Å². The maximum absolute atomic E-state index is 12.3. The second kappa shape index (κ2) is 5.73. The highest BCUT2D eigenvalue weighted by atomic mass is 16.6. The van der Waals surface area contributed by atoms with E-state index in [9.17, 15) is 9.59 Å². The van der Waals surface area contributed by atoms with Gasteiger partial charge in [-0.1, -0.05) is 0 Å². The minimum absolute atomic E-state index is 0.0647. The summed E-state index contributed by atoms with van der Waals surface area (Å²) in [4.78, 5) is 27.5. The van der Waals surface area contributed by atoms with Gasteiger partial charge in [0.2, 0.25) is 0 Å². The summed E-state index contributed by atoms with van der Waals surface area (Å²) < 4.78 is 5.50. The van der Waals surface area contributed by atoms with E-state index in [2.05, 4.69) is 5.32 Å². The topological polar surface area (TPSA) is 61.9 Å². The molecule has 0 saturated carbocycles. The van der Waals surface area contributed by atoms with E-state index in [-0.39, 0.29) is 30.2 Å². The highest BCUT2D eigenvalue weighted by Gasteiger charge is 2.45. The number of carbonyl (C=O) groups is 2. The van der Waals surface area contributed by atoms with E-state index in [1.165, 1.54) is 0 Å². The van der Waals surface area contributed by atoms with Gasteiger partial charge in [0.05, 0.1) is 0 Å². The molecule has 1 unspecified atom stereocenters. The molecule has 6 heteroatoms. The zero-order chi connectivity index (χ0) is 15.8. The summed E-state index contributed by atoms with van der Waals surface area (Å²) in [5.41, 5.74) is -0.466. The maximum atomic E-state index is 12.3. The van der Waals surface area contributed by atoms with E-state index >= 15 is 0 Å². The van der Waals surface area contributed by atoms with Crippen molar-refractivity contribution in [2.24, 2.45) is 0 Å². The summed E-state index contributed by atoms with van der Waals surface area (Å²) in [5.74, 6) is 0. The monoisotopic (exact) mass is 297 g/mol. The molecular formula is C15H27N3O3. The summed E-state index contributed by atoms with van der Waals surface area (Å²) in [6, 6.07) is 0.457. The number of piperidine rings is 1. The van der Waals surface area contributed by atoms with Crippen LogP contribution >= 0.6 is 0 Å². The fourth-order valence-electron chi connectivity index (χ4n) is 3.21. The summed E-state index contributed by atoms with van der Waals surface area (Å²) >= 11 is 0. The zero-order valence-corrected chi connectivity index (χ0v) is 13.7. The second-order valence-electron chi connectivity index (χ2n) is 7.28. The van der Waals surface area contributed by atoms with Crippen molar-refractivity contribution in [2.45, 2.75) is 70.2 Å². The van der Waals surface area contributed by atoms with Crippen LogP contribution in [0.25, 0.3) is 0 Å². The summed E-state index contributed by atoms with van der Waals surface area (Å²) in [6.45, 7) is 5.66. The zero-order valence-electron chi connectivity index (χ0n) is 13.7. The number of carbonyl (C=O) groups excluding carboxylic acids is 2. The Balaban J connectivity index is 1.96. The van der Waals surface area contributed by atoms with Crippen molar-refractivity contribution in [3.05, 3.63) is 0 Å². The first-order valence-corrected chi connectivity index (χ1v) is 7.66. The number of rotatable bonds is 1. The van der Waals surface area contributed by atoms with E-state index in [0.717, 1.165) is 25.7 Å². The van der Waals surface area contributed by atoms with Gasteiger partial charge in [-0.2, -0.15) is 0 Å². The molecule has 120 valence electrons. The fraction of sp³-hybridized carbons (Fsp3) is 0.867. The van der Waals surface area contributed by atoms with Crippen LogP contribution < -0.4 is 5.32 Å². The normalized spacial score (nSPS) is 28.2. The van der Waals surface area contributed by atoms with Crippen molar-refractivity contribution in [2.75, 3.05) is 14.1 Å². The Bertz CT molecular complexity index is 403. The molecule has 0 aromatic rings. The van der Waals surface area contributed by atoms with Crippen molar-refractivity contribution in [1.82, 2.24) is 15.1 Å². The number of hydrogen-bond acceptors (Lipinski definition) is 3. The first-order valence-electron chi connectivity index (χ1n) is 7.66. The van der Waals surface area contributed by atoms with Crippen LogP contribution in [0.4, 0.5) is 9.59 Å². The highest BCUT2D eigenvalue weighted by Crippen LogP contribution is 2.36. The van der Waals surface area contributed by atoms with Crippen LogP contribution in [0.3, 0.4) is 0 Å². The molecule has 2 aliphatic heterocycles. The van der Waals surface area contributed by atoms with Gasteiger partial charge in [0.25, 0.3) is 0 Å². The number of fused-ring (bicyclic) bond motifs is 2. The van der Waals surface area contributed by atoms with E-state index in [1.54, 1.807) is 19.0 Å². The van der Waals surface area contributed by atoms with Crippen LogP contribution in [-0.2, 0) is 4.74 Å². The lowest BCUT2D eigenvalue weighted by molar-refractivity contribution is 0.00515. The average molecular weight is 297 g/mol. The number of hydrogen-bond donors (Lipinski definition) is 1. The summed E-state index contributed by atoms with van der Waals surface area (Å²) in [7, 11) is 3.47. The molecule has 6 nitrogen and oxygen atoms in total. The fourth-order valence-corrected chi connectivity index (χ4v) is 3.21. The molecule has 0 aromatic carbocycles. The molecule has 3 amide bonds. The molecule has 21 heavy (non-hydrogen) atoms. The Kier molecular flexibility index (Phi) is 4.35. The average Bonchev–Trinajstić information content (AvgIpc) is 2.59. The standard InChI is InChI=1S/C15H27N3O3/c1-15(2,3)21-14(20)18-11-6-7-12(18)9-10(8-11)16-13(19)17(4)5/h10-12H,6-9H2,1-5H3,(H,16,19)/t10?,11-,12+. The Morgan fingerprint density at radius 3 is 2.10 bits per heavy atom. The molecule has 0 aliphatic carbocycles. The van der Waals surface area contributed by atoms with E-state index in [1.807, 2.05) is 25.7 Å². The number of nitrogens with one attached hydrogen (secondary N) is 1. The first kappa shape index (κ1) is 15.9. The predicted octanol–water partition coefficient (Wildman–Crippen LogP) is 2.19. The smallest absolute Gasteiger partial charge is 0.410 e. The molecule has 3 atom stereocenters. The summed E-state index contributed by atoms with van der Waals surface area (Å²) in [5, 5.41) is 3.04. The molecule has 2 bridgehead atoms. The third-order valence-corrected chi connectivity index (χ3v) is 4.07. The SMILES string of the molecule is CN(C)C(=O)NC1C[C@H]2CC[C@@H](C1)N2C(=O)OC(C)(C)C. The van der Waals surface area contributed by atoms with Crippen LogP contribution in [0, 0.1) is 0 Å². The van der Waals surface area contributed by atoms with Gasteiger partial charge in [-0.05, 0) is 46.5 Å². The molecule has 2 heterocycles. The van der Waals surface area contributed by atoms with Gasteiger partial charge in [-0.3, -0.25) is 0 Å². The molecular weight excluding hydrogens is 270 g/mol. The lowest BCUT2D eigenvalue weighted by atomic mass is 9.98. The number of nitrogens with zero attached hydrogens (tertiary/aromatic N) is 2. The van der Waals surface area contributed by atoms with Gasteiger partial charge < -0.3 is 19.9 Å². The van der Waals surface area contributed by atoms with Gasteiger partial charge in [0.15, 0.2) is 0 Å². The Morgan fingerprint density at radius 1 is 1.14 bits per heavy atom. The van der Waals surface area contributed by atoms with Crippen LogP contribution in [0.1, 0.15) is 46.5 Å². The largest absolute Gasteiger partial charge is 0.444 e. The molecule has 2 fully saturated rings. The third kappa shape index (κ3) is 3.80. The van der Waals surface area contributed by atoms with Crippen LogP contribution in [-0.4, -0.2) is 59.7 Å². The van der Waals surface area contributed by atoms with Crippen molar-refractivity contribution < 1.29 is 14.3 Å². The lowest BCUT2D eigenvalue weighted by Crippen LogP contribution is -2.54. The Labute approximate surface area is 126 Å². The Morgan fingerprint density at radius 2 is 1.67 bits per heavy atom. The van der Waals surface area contributed by atoms with Crippen molar-refractivity contribution in [3.63, 3.8) is 0 Å². The minimum atomic E-state index is -0.466. The van der Waals surface area contributed by atoms with Gasteiger partial charge >= 0.3 is 12.1 Å². The van der Waals surface area contributed by atoms with Gasteiger partial charge in [-0.25, -0.2) is 9.59 Å². The number of amides is 3. The first-order chi connectivity index (χ1) is 9.67. The maximum Gasteiger partial charge on any atom is 0.410 e. The van der Waals surface area contributed by atoms with E-state index in [4.69, 9.17) is 4.74 Å². The van der Waals surface area contributed by atoms with Gasteiger partial charge in [0, 0.05) is 32.2 Å². The third-order valence-electron chi connectivity index (χ3n) is 4.07. The second-order valence-corrected chi connectivity index (χ2v) is 7.28. The van der Waals surface area contributed by atoms with E-state index in [0.29, 0.717) is 0 Å². The summed E-state index contributed by atoms with van der Waals surface area (Å²) in [6.07, 6.45) is 3.41. The Hall–Kier alpha value is -1.46. The van der Waals surface area contributed by atoms with Gasteiger partial charge in [-0.15, -0.1) is 0 Å². The molecule has 0 radical (unpaired) electrons. The molecule has 2 saturated heterocycles. The highest BCUT2D eigenvalue weighted by molar-refractivity contribution is 5.74. The van der Waals surface area contributed by atoms with Crippen molar-refractivity contribution in [3.8, 4) is 0 Å². The molecule has 2 aliphatic rings. The minimum Gasteiger partial charge on any atom is -0.444 e. The quantitative estimate of drug-likeness (QED) is 0.807. The van der Waals surface area contributed by atoms with E-state index < -0.39 is 5.60 Å². The van der Waals surface area contributed by atoms with Crippen molar-refractivity contribution >= 4 is 12.1 Å². The predicted molar refractivity (Wildman–Crippen MR) is 80.1 cm³/mol. The van der Waals surface area contributed by atoms with Crippen LogP contribution in [0.2, 0.25) is 0 Å². The lowest BCUT2D eigenvalue weighted by Gasteiger charge is -2.39. The number of ether oxygens (including phenoxy) is 1. The molecule has 0 aromatic heterocycles. The molecule has 2 rings (SSSR count).